The Morgan fingerprint density at radius 1 is 1.16 bits per heavy atom. The molecule has 0 aliphatic rings. The van der Waals surface area contributed by atoms with E-state index >= 15 is 0 Å². The number of rotatable bonds is 6. The second-order valence-electron chi connectivity index (χ2n) is 5.82. The maximum atomic E-state index is 13.0. The Kier molecular flexibility index (Phi) is 5.28. The van der Waals surface area contributed by atoms with Gasteiger partial charge in [0.05, 0.1) is 11.4 Å². The van der Waals surface area contributed by atoms with Crippen LogP contribution in [0.3, 0.4) is 0 Å². The van der Waals surface area contributed by atoms with Gasteiger partial charge in [0.1, 0.15) is 11.6 Å². The van der Waals surface area contributed by atoms with Crippen molar-refractivity contribution in [2.45, 2.75) is 6.42 Å². The van der Waals surface area contributed by atoms with Crippen LogP contribution in [0.5, 0.6) is 0 Å². The predicted octanol–water partition coefficient (Wildman–Crippen LogP) is 3.89. The quantitative estimate of drug-likeness (QED) is 0.658. The second-order valence-corrected chi connectivity index (χ2v) is 6.67. The fourth-order valence-corrected chi connectivity index (χ4v) is 3.09. The average molecular weight is 402 g/mol. The van der Waals surface area contributed by atoms with E-state index in [2.05, 4.69) is 26.2 Å². The molecule has 1 heterocycles. The summed E-state index contributed by atoms with van der Waals surface area (Å²) in [5.74, 6) is -0.450. The predicted molar refractivity (Wildman–Crippen MR) is 101 cm³/mol. The normalized spacial score (nSPS) is 12.1. The first-order chi connectivity index (χ1) is 12.0. The molecule has 2 aromatic carbocycles. The second kappa shape index (κ2) is 7.61. The van der Waals surface area contributed by atoms with Gasteiger partial charge in [0, 0.05) is 16.4 Å². The lowest BCUT2D eigenvalue weighted by Crippen LogP contribution is -2.31. The number of para-hydroxylation sites is 1. The van der Waals surface area contributed by atoms with Gasteiger partial charge in [-0.1, -0.05) is 24.3 Å². The van der Waals surface area contributed by atoms with Crippen molar-refractivity contribution < 1.29 is 9.18 Å². The van der Waals surface area contributed by atoms with Gasteiger partial charge in [0.2, 0.25) is 5.91 Å². The van der Waals surface area contributed by atoms with E-state index in [0.717, 1.165) is 20.9 Å². The molecule has 128 valence electrons. The van der Waals surface area contributed by atoms with Crippen LogP contribution in [0.15, 0.2) is 59.1 Å². The summed E-state index contributed by atoms with van der Waals surface area (Å²) in [7, 11) is 0. The highest BCUT2D eigenvalue weighted by Crippen LogP contribution is 2.23. The van der Waals surface area contributed by atoms with Crippen LogP contribution in [0.2, 0.25) is 0 Å². The number of primary amides is 1. The zero-order chi connectivity index (χ0) is 17.8. The van der Waals surface area contributed by atoms with Crippen molar-refractivity contribution >= 4 is 38.6 Å². The number of carbonyl (C=O) groups excluding carboxylic acids is 1. The lowest BCUT2D eigenvalue weighted by Gasteiger charge is -2.15. The molecule has 1 amide bonds. The molecule has 0 aliphatic heterocycles. The summed E-state index contributed by atoms with van der Waals surface area (Å²) in [5.41, 5.74) is 7.22. The molecule has 1 atom stereocenters. The van der Waals surface area contributed by atoms with Gasteiger partial charge in [-0.3, -0.25) is 4.79 Å². The molecule has 0 saturated heterocycles. The van der Waals surface area contributed by atoms with Crippen molar-refractivity contribution in [1.29, 1.82) is 0 Å². The summed E-state index contributed by atoms with van der Waals surface area (Å²) >= 11 is 3.49. The maximum Gasteiger partial charge on any atom is 0.222 e. The van der Waals surface area contributed by atoms with Crippen LogP contribution < -0.4 is 11.1 Å². The van der Waals surface area contributed by atoms with Crippen molar-refractivity contribution in [2.75, 3.05) is 11.9 Å². The Hall–Kier alpha value is -2.47. The van der Waals surface area contributed by atoms with Crippen LogP contribution in [0.1, 0.15) is 5.56 Å². The number of aromatic nitrogens is 1. The highest BCUT2D eigenvalue weighted by molar-refractivity contribution is 9.10. The van der Waals surface area contributed by atoms with Crippen molar-refractivity contribution in [2.24, 2.45) is 11.7 Å². The van der Waals surface area contributed by atoms with Crippen LogP contribution >= 0.6 is 15.9 Å². The smallest absolute Gasteiger partial charge is 0.222 e. The van der Waals surface area contributed by atoms with E-state index in [9.17, 15) is 9.18 Å². The summed E-state index contributed by atoms with van der Waals surface area (Å²) in [5, 5.41) is 4.20. The number of amides is 1. The number of nitrogens with one attached hydrogen (secondary N) is 1. The first-order valence-corrected chi connectivity index (χ1v) is 8.65. The van der Waals surface area contributed by atoms with Gasteiger partial charge >= 0.3 is 0 Å². The lowest BCUT2D eigenvalue weighted by molar-refractivity contribution is -0.121. The Balaban J connectivity index is 1.72. The first kappa shape index (κ1) is 17.4. The van der Waals surface area contributed by atoms with Gasteiger partial charge < -0.3 is 11.1 Å². The maximum absolute atomic E-state index is 13.0. The van der Waals surface area contributed by atoms with E-state index in [-0.39, 0.29) is 5.82 Å². The molecule has 0 radical (unpaired) electrons. The summed E-state index contributed by atoms with van der Waals surface area (Å²) in [6.45, 7) is 0.357. The molecule has 0 saturated carbocycles. The lowest BCUT2D eigenvalue weighted by atomic mass is 9.98. The molecule has 0 fully saturated rings. The molecule has 4 nitrogen and oxygen atoms in total. The number of hydrogen-bond donors (Lipinski definition) is 2. The molecule has 3 rings (SSSR count). The van der Waals surface area contributed by atoms with Crippen molar-refractivity contribution in [3.8, 4) is 0 Å². The average Bonchev–Trinajstić information content (AvgIpc) is 2.60. The molecular weight excluding hydrogens is 385 g/mol. The molecule has 1 aromatic heterocycles. The van der Waals surface area contributed by atoms with Gasteiger partial charge in [-0.2, -0.15) is 0 Å². The topological polar surface area (TPSA) is 68.0 Å². The van der Waals surface area contributed by atoms with Gasteiger partial charge in [-0.15, -0.1) is 0 Å². The first-order valence-electron chi connectivity index (χ1n) is 7.86. The number of nitrogens with two attached hydrogens (primary N) is 1. The van der Waals surface area contributed by atoms with Crippen molar-refractivity contribution in [3.63, 3.8) is 0 Å². The number of carbonyl (C=O) groups is 1. The van der Waals surface area contributed by atoms with Crippen LogP contribution in [-0.2, 0) is 11.2 Å². The fourth-order valence-electron chi connectivity index (χ4n) is 2.62. The Labute approximate surface area is 153 Å². The number of benzene rings is 2. The Bertz CT molecular complexity index is 899. The third-order valence-corrected chi connectivity index (χ3v) is 4.64. The third-order valence-electron chi connectivity index (χ3n) is 4.00. The SMILES string of the molecule is NC(=O)C(CNc1ccc2cccc(Br)c2n1)Cc1ccc(F)cc1. The molecular formula is C19H17BrFN3O. The largest absolute Gasteiger partial charge is 0.369 e. The number of pyridine rings is 1. The van der Waals surface area contributed by atoms with E-state index in [0.29, 0.717) is 18.8 Å². The summed E-state index contributed by atoms with van der Waals surface area (Å²) in [6, 6.07) is 15.8. The van der Waals surface area contributed by atoms with Gasteiger partial charge in [-0.05, 0) is 58.2 Å². The van der Waals surface area contributed by atoms with E-state index < -0.39 is 11.8 Å². The van der Waals surface area contributed by atoms with Gasteiger partial charge in [-0.25, -0.2) is 9.37 Å². The van der Waals surface area contributed by atoms with Crippen LogP contribution in [-0.4, -0.2) is 17.4 Å². The Morgan fingerprint density at radius 2 is 1.92 bits per heavy atom. The number of anilines is 1. The summed E-state index contributed by atoms with van der Waals surface area (Å²) < 4.78 is 13.9. The van der Waals surface area contributed by atoms with E-state index in [1.165, 1.54) is 12.1 Å². The molecule has 3 N–H and O–H groups in total. The highest BCUT2D eigenvalue weighted by atomic mass is 79.9. The Morgan fingerprint density at radius 3 is 2.64 bits per heavy atom. The number of halogens is 2. The number of nitrogens with zero attached hydrogens (tertiary/aromatic N) is 1. The minimum absolute atomic E-state index is 0.302. The van der Waals surface area contributed by atoms with Gasteiger partial charge in [0.15, 0.2) is 0 Å². The van der Waals surface area contributed by atoms with Crippen LogP contribution in [0.25, 0.3) is 10.9 Å². The van der Waals surface area contributed by atoms with E-state index in [4.69, 9.17) is 5.73 Å². The standard InChI is InChI=1S/C19H17BrFN3O/c20-16-3-1-2-13-6-9-17(24-18(13)16)23-11-14(19(22)25)10-12-4-7-15(21)8-5-12/h1-9,14H,10-11H2,(H2,22,25)(H,23,24). The molecule has 3 aromatic rings. The molecule has 0 spiro atoms. The zero-order valence-corrected chi connectivity index (χ0v) is 15.0. The third kappa shape index (κ3) is 4.33. The molecule has 6 heteroatoms. The van der Waals surface area contributed by atoms with Crippen LogP contribution in [0, 0.1) is 11.7 Å². The zero-order valence-electron chi connectivity index (χ0n) is 13.4. The minimum atomic E-state index is -0.415. The molecule has 0 aliphatic carbocycles. The molecule has 1 unspecified atom stereocenters. The summed E-state index contributed by atoms with van der Waals surface area (Å²) in [4.78, 5) is 16.3. The minimum Gasteiger partial charge on any atom is -0.369 e. The van der Waals surface area contributed by atoms with Crippen molar-refractivity contribution in [3.05, 3.63) is 70.5 Å². The fraction of sp³-hybridized carbons (Fsp3) is 0.158. The van der Waals surface area contributed by atoms with E-state index in [1.54, 1.807) is 12.1 Å². The summed E-state index contributed by atoms with van der Waals surface area (Å²) in [6.07, 6.45) is 0.444. The van der Waals surface area contributed by atoms with Gasteiger partial charge in [0.25, 0.3) is 0 Å². The van der Waals surface area contributed by atoms with Crippen LogP contribution in [0.4, 0.5) is 10.2 Å². The van der Waals surface area contributed by atoms with E-state index in [1.807, 2.05) is 30.3 Å². The van der Waals surface area contributed by atoms with Crippen molar-refractivity contribution in [1.82, 2.24) is 4.98 Å². The highest BCUT2D eigenvalue weighted by Gasteiger charge is 2.16. The molecule has 25 heavy (non-hydrogen) atoms. The monoisotopic (exact) mass is 401 g/mol. The number of hydrogen-bond acceptors (Lipinski definition) is 3. The molecule has 0 bridgehead atoms. The number of fused-ring (bicyclic) bond motifs is 1.